The summed E-state index contributed by atoms with van der Waals surface area (Å²) in [6.07, 6.45) is 5.73. The summed E-state index contributed by atoms with van der Waals surface area (Å²) in [5.41, 5.74) is 7.45. The minimum Gasteiger partial charge on any atom is -0.455 e. The highest BCUT2D eigenvalue weighted by Crippen LogP contribution is 2.33. The van der Waals surface area contributed by atoms with Gasteiger partial charge in [-0.15, -0.1) is 11.3 Å². The van der Waals surface area contributed by atoms with Gasteiger partial charge < -0.3 is 86.7 Å². The Balaban J connectivity index is 0.000000501. The van der Waals surface area contributed by atoms with Crippen LogP contribution >= 0.6 is 11.3 Å². The molecule has 0 saturated carbocycles. The van der Waals surface area contributed by atoms with Gasteiger partial charge >= 0.3 is 30.2 Å². The fourth-order valence-electron chi connectivity index (χ4n) is 12.6. The molecule has 6 unspecified atom stereocenters. The number of ether oxygens (including phenoxy) is 5. The van der Waals surface area contributed by atoms with E-state index in [0.29, 0.717) is 61.6 Å². The van der Waals surface area contributed by atoms with E-state index in [-0.39, 0.29) is 162 Å². The third-order valence-electron chi connectivity index (χ3n) is 19.8. The predicted molar refractivity (Wildman–Crippen MR) is 445 cm³/mol. The molecule has 3 heterocycles. The second-order valence-electron chi connectivity index (χ2n) is 31.1. The molecule has 2 aromatic carbocycles. The number of primary amides is 1. The summed E-state index contributed by atoms with van der Waals surface area (Å²) in [6, 6.07) is 9.43. The summed E-state index contributed by atoms with van der Waals surface area (Å²) in [4.78, 5) is 189. The molecule has 1 saturated heterocycles. The fraction of sp³-hybridized carbons (Fsp3) is 0.627. The van der Waals surface area contributed by atoms with Crippen LogP contribution in [0.15, 0.2) is 66.1 Å². The van der Waals surface area contributed by atoms with Crippen LogP contribution < -0.4 is 53.0 Å². The van der Waals surface area contributed by atoms with Crippen molar-refractivity contribution in [3.8, 4) is 5.75 Å². The van der Waals surface area contributed by atoms with E-state index in [0.717, 1.165) is 47.6 Å². The fourth-order valence-corrected chi connectivity index (χ4v) is 13.4. The van der Waals surface area contributed by atoms with E-state index in [2.05, 4.69) is 61.4 Å². The predicted octanol–water partition coefficient (Wildman–Crippen LogP) is 7.11. The number of benzene rings is 2. The summed E-state index contributed by atoms with van der Waals surface area (Å²) >= 11 is 1.18. The Hall–Kier alpha value is -10.1. The van der Waals surface area contributed by atoms with Gasteiger partial charge in [-0.1, -0.05) is 106 Å². The largest absolute Gasteiger partial charge is 0.455 e. The van der Waals surface area contributed by atoms with Gasteiger partial charge in [0.25, 0.3) is 17.7 Å². The number of thiazole rings is 1. The molecule has 34 nitrogen and oxygen atoms in total. The number of aromatic nitrogens is 1. The minimum atomic E-state index is -0.952. The molecule has 0 radical (unpaired) electrons. The lowest BCUT2D eigenvalue weighted by Gasteiger charge is -2.39. The van der Waals surface area contributed by atoms with Gasteiger partial charge in [-0.2, -0.15) is 0 Å². The van der Waals surface area contributed by atoms with Crippen molar-refractivity contribution in [2.75, 3.05) is 98.8 Å². The number of imide groups is 1. The molecule has 656 valence electrons. The number of rotatable bonds is 48. The van der Waals surface area contributed by atoms with Crippen LogP contribution in [0, 0.1) is 29.6 Å². The number of urea groups is 1. The van der Waals surface area contributed by atoms with Crippen LogP contribution in [0.4, 0.5) is 20.1 Å². The van der Waals surface area contributed by atoms with Crippen molar-refractivity contribution in [1.82, 2.24) is 66.7 Å². The average molecular weight is 1670 g/mol. The zero-order valence-corrected chi connectivity index (χ0v) is 72.5. The zero-order chi connectivity index (χ0) is 87.7. The highest BCUT2D eigenvalue weighted by molar-refractivity contribution is 7.09. The Morgan fingerprint density at radius 1 is 0.686 bits per heavy atom. The number of anilines is 1. The van der Waals surface area contributed by atoms with E-state index in [9.17, 15) is 67.1 Å². The van der Waals surface area contributed by atoms with E-state index >= 15 is 0 Å². The first-order chi connectivity index (χ1) is 55.9. The monoisotopic (exact) mass is 1670 g/mol. The Morgan fingerprint density at radius 2 is 1.33 bits per heavy atom. The molecular formula is C83H129N15O19S. The van der Waals surface area contributed by atoms with Crippen LogP contribution in [0.2, 0.25) is 0 Å². The van der Waals surface area contributed by atoms with Gasteiger partial charge in [-0.3, -0.25) is 62.5 Å². The molecule has 3 aromatic rings. The van der Waals surface area contributed by atoms with Gasteiger partial charge in [0.15, 0.2) is 12.8 Å². The van der Waals surface area contributed by atoms with Crippen molar-refractivity contribution in [1.29, 1.82) is 0 Å². The maximum atomic E-state index is 14.9. The Bertz CT molecular complexity index is 3770. The number of nitrogens with zero attached hydrogens (tertiary/aromatic N) is 6. The normalized spacial score (nSPS) is 15.1. The summed E-state index contributed by atoms with van der Waals surface area (Å²) in [7, 11) is 5.21. The molecule has 1 aromatic heterocycles. The second-order valence-corrected chi connectivity index (χ2v) is 32.0. The number of likely N-dealkylation sites (N-methyl/N-ethyl adjacent to an activating group) is 1. The standard InChI is InChI=1S/C47H74N6O9S.C36H55N9O10/c1-13-32(9)42(50-44(57)38-17-15-16-22-52(38)12)46(58)53(28-60-41(55)24-30(5)6)39(31(7)8)26-40(61-33(10)54)45-49-37(27-63-45)43(56)48-35(23-29(3)4)25-34-18-20-36(21-19-34)62-47(59)51(11)14-2;1-5-44(4)36(53)55-23-25-8-10-26(11-9-25)42-33(50)27(7-6-16-41-35(37)52)43-34(51)32(24(2)3)40-18-17-38-29(47)15-21-54-22-19-39-28(46)14-20-45-30(48)12-13-31(45)49/h18-21,27,29-32,35,38-40,42H,13-17,22-26,28H2,1-12H3,(H,48,56)(H,50,57);8-13,24,27,32,40H,5-7,14-23H2,1-4H3,(H,38,47)(H,39,46)(H,42,50)(H,43,51)(H3,37,41,52)/t;27-,32-/m.0/s1. The molecule has 1 fully saturated rings. The molecular weight excluding hydrogens is 1540 g/mol. The first-order valence-corrected chi connectivity index (χ1v) is 41.7. The van der Waals surface area contributed by atoms with Crippen LogP contribution in [0.3, 0.4) is 0 Å². The Morgan fingerprint density at radius 3 is 1.93 bits per heavy atom. The van der Waals surface area contributed by atoms with Gasteiger partial charge in [0.1, 0.15) is 35.1 Å². The van der Waals surface area contributed by atoms with Crippen molar-refractivity contribution in [3.05, 3.63) is 87.9 Å². The zero-order valence-electron chi connectivity index (χ0n) is 71.7. The van der Waals surface area contributed by atoms with Crippen LogP contribution in [0.1, 0.15) is 193 Å². The second kappa shape index (κ2) is 52.6. The van der Waals surface area contributed by atoms with E-state index in [1.807, 2.05) is 93.3 Å². The quantitative estimate of drug-likeness (QED) is 0.00894. The highest BCUT2D eigenvalue weighted by atomic mass is 32.1. The van der Waals surface area contributed by atoms with Crippen molar-refractivity contribution in [2.45, 2.75) is 216 Å². The van der Waals surface area contributed by atoms with Crippen LogP contribution in [0.5, 0.6) is 5.75 Å². The van der Waals surface area contributed by atoms with Gasteiger partial charge in [0, 0.05) is 128 Å². The summed E-state index contributed by atoms with van der Waals surface area (Å²) in [5.74, 6) is -4.37. The van der Waals surface area contributed by atoms with Crippen LogP contribution in [-0.2, 0) is 79.9 Å². The van der Waals surface area contributed by atoms with Gasteiger partial charge in [0.2, 0.25) is 35.4 Å². The van der Waals surface area contributed by atoms with Crippen molar-refractivity contribution >= 4 is 100 Å². The molecule has 2 aliphatic heterocycles. The summed E-state index contributed by atoms with van der Waals surface area (Å²) in [6.45, 7) is 27.0. The van der Waals surface area contributed by atoms with Crippen molar-refractivity contribution < 1.29 is 90.8 Å². The number of hydrogen-bond donors (Lipinski definition) is 9. The van der Waals surface area contributed by atoms with Crippen LogP contribution in [-0.4, -0.2) is 243 Å². The highest BCUT2D eigenvalue weighted by Gasteiger charge is 2.40. The number of hydrogen-bond acceptors (Lipinski definition) is 23. The maximum absolute atomic E-state index is 14.9. The molecule has 2 aliphatic rings. The van der Waals surface area contributed by atoms with Crippen molar-refractivity contribution in [3.63, 3.8) is 0 Å². The number of nitrogens with one attached hydrogen (secondary N) is 8. The third kappa shape index (κ3) is 36.4. The minimum absolute atomic E-state index is 0.0124. The molecule has 0 aliphatic carbocycles. The van der Waals surface area contributed by atoms with E-state index < -0.39 is 90.0 Å². The van der Waals surface area contributed by atoms with Gasteiger partial charge in [0.05, 0.1) is 25.3 Å². The third-order valence-corrected chi connectivity index (χ3v) is 20.7. The molecule has 13 amide bonds. The molecule has 5 rings (SSSR count). The number of likely N-dealkylation sites (tertiary alicyclic amines) is 1. The topological polar surface area (TPSA) is 436 Å². The number of amides is 13. The molecule has 8 atom stereocenters. The molecule has 0 bridgehead atoms. The molecule has 0 spiro atoms. The molecule has 35 heteroatoms. The van der Waals surface area contributed by atoms with Crippen LogP contribution in [0.25, 0.3) is 0 Å². The Labute approximate surface area is 698 Å². The molecule has 118 heavy (non-hydrogen) atoms. The van der Waals surface area contributed by atoms with E-state index in [1.165, 1.54) is 33.0 Å². The van der Waals surface area contributed by atoms with E-state index in [1.54, 1.807) is 55.9 Å². The lowest BCUT2D eigenvalue weighted by molar-refractivity contribution is -0.161. The lowest BCUT2D eigenvalue weighted by Crippen LogP contribution is -2.59. The SMILES string of the molecule is CCC(C)C(NC(=O)C1CCCCN1C)C(=O)N(COC(=O)CC(C)C)C(CC(OC(C)=O)c1nc(C(=O)NC(Cc2ccc(OC(=O)N(C)CC)cc2)CC(C)C)cs1)C(C)C.CCN(C)C(=O)OCc1ccc(NC(=O)[C@H](CCCNC(N)=O)NC(=O)[C@@H](NCCNC(=O)CCOCCNC(=O)CCN2C(=O)C=CC2=O)C(C)C)cc1. The number of esters is 2. The average Bonchev–Trinajstić information content (AvgIpc) is 1.54. The maximum Gasteiger partial charge on any atom is 0.414 e. The van der Waals surface area contributed by atoms with E-state index in [4.69, 9.17) is 29.4 Å². The number of carbonyl (C=O) groups is 14. The Kier molecular flexibility index (Phi) is 44.7. The summed E-state index contributed by atoms with van der Waals surface area (Å²) < 4.78 is 27.7. The number of piperidine rings is 1. The van der Waals surface area contributed by atoms with Gasteiger partial charge in [-0.25, -0.2) is 19.4 Å². The number of nitrogens with two attached hydrogens (primary N) is 1. The molecule has 10 N–H and O–H groups in total. The lowest BCUT2D eigenvalue weighted by atomic mass is 9.92. The summed E-state index contributed by atoms with van der Waals surface area (Å²) in [5, 5.41) is 24.8. The first kappa shape index (κ1) is 100. The first-order valence-electron chi connectivity index (χ1n) is 40.9. The smallest absolute Gasteiger partial charge is 0.414 e. The van der Waals surface area contributed by atoms with Gasteiger partial charge in [-0.05, 0) is 131 Å². The van der Waals surface area contributed by atoms with Crippen molar-refractivity contribution in [2.24, 2.45) is 35.3 Å². The number of carbonyl (C=O) groups excluding carboxylic acids is 14.